The maximum absolute atomic E-state index is 3.77. The Morgan fingerprint density at radius 1 is 0.532 bits per heavy atom. The van der Waals surface area contributed by atoms with Crippen LogP contribution in [0.2, 0.25) is 0 Å². The summed E-state index contributed by atoms with van der Waals surface area (Å²) in [4.78, 5) is 2.45. The minimum atomic E-state index is -0.202. The van der Waals surface area contributed by atoms with E-state index < -0.39 is 0 Å². The molecule has 0 atom stereocenters. The van der Waals surface area contributed by atoms with Gasteiger partial charge >= 0.3 is 0 Å². The molecule has 0 saturated heterocycles. The van der Waals surface area contributed by atoms with E-state index in [2.05, 4.69) is 194 Å². The van der Waals surface area contributed by atoms with Crippen molar-refractivity contribution in [1.82, 2.24) is 0 Å². The first-order valence-electron chi connectivity index (χ1n) is 16.5. The Balaban J connectivity index is 1.40. The van der Waals surface area contributed by atoms with Crippen LogP contribution >= 0.6 is 31.9 Å². The molecule has 47 heavy (non-hydrogen) atoms. The van der Waals surface area contributed by atoms with Crippen molar-refractivity contribution in [1.29, 1.82) is 0 Å². The molecular weight excluding hydrogens is 702 g/mol. The van der Waals surface area contributed by atoms with Gasteiger partial charge in [-0.05, 0) is 115 Å². The van der Waals surface area contributed by atoms with E-state index in [0.717, 1.165) is 20.3 Å². The first kappa shape index (κ1) is 30.7. The van der Waals surface area contributed by atoms with Crippen molar-refractivity contribution >= 4 is 59.7 Å². The lowest BCUT2D eigenvalue weighted by Crippen LogP contribution is -2.24. The lowest BCUT2D eigenvalue weighted by Gasteiger charge is -2.32. The number of hydrogen-bond acceptors (Lipinski definition) is 1. The van der Waals surface area contributed by atoms with Crippen molar-refractivity contribution < 1.29 is 0 Å². The number of anilines is 3. The average molecular weight is 742 g/mol. The van der Waals surface area contributed by atoms with Gasteiger partial charge in [-0.25, -0.2) is 0 Å². The van der Waals surface area contributed by atoms with Crippen molar-refractivity contribution in [2.45, 2.75) is 64.7 Å². The topological polar surface area (TPSA) is 3.24 Å². The molecule has 0 unspecified atom stereocenters. The normalized spacial score (nSPS) is 15.3. The highest BCUT2D eigenvalue weighted by Crippen LogP contribution is 2.61. The summed E-state index contributed by atoms with van der Waals surface area (Å²) in [5.74, 6) is 0. The zero-order valence-corrected chi connectivity index (χ0v) is 31.3. The van der Waals surface area contributed by atoms with Crippen LogP contribution in [0.3, 0.4) is 0 Å². The van der Waals surface area contributed by atoms with Gasteiger partial charge < -0.3 is 4.90 Å². The molecule has 0 bridgehead atoms. The molecule has 0 fully saturated rings. The quantitative estimate of drug-likeness (QED) is 0.175. The molecule has 0 amide bonds. The van der Waals surface area contributed by atoms with E-state index in [0.29, 0.717) is 0 Å². The average Bonchev–Trinajstić information content (AvgIpc) is 3.41. The molecule has 0 saturated carbocycles. The number of benzene rings is 6. The molecule has 2 aliphatic carbocycles. The lowest BCUT2D eigenvalue weighted by molar-refractivity contribution is 0.590. The molecule has 0 radical (unpaired) electrons. The SMILES string of the molecule is CC(C)(C)c1ccc(N(c2ccc(Br)cc2)c2cc3c(c4ccccc24)-c2ccc4c(c2C3(C)C)C(C)(C)c2cc(Br)ccc2-4)cc1. The van der Waals surface area contributed by atoms with Crippen molar-refractivity contribution in [2.75, 3.05) is 4.90 Å². The first-order valence-corrected chi connectivity index (χ1v) is 18.1. The zero-order valence-electron chi connectivity index (χ0n) is 28.1. The van der Waals surface area contributed by atoms with Gasteiger partial charge in [-0.2, -0.15) is 0 Å². The molecule has 6 aromatic rings. The highest BCUT2D eigenvalue weighted by Gasteiger charge is 2.46. The third kappa shape index (κ3) is 4.53. The zero-order chi connectivity index (χ0) is 33.0. The molecule has 0 N–H and O–H groups in total. The van der Waals surface area contributed by atoms with Crippen LogP contribution in [-0.4, -0.2) is 0 Å². The smallest absolute Gasteiger partial charge is 0.0543 e. The lowest BCUT2D eigenvalue weighted by atomic mass is 9.72. The van der Waals surface area contributed by atoms with Crippen molar-refractivity contribution in [3.8, 4) is 22.3 Å². The number of nitrogens with zero attached hydrogens (tertiary/aromatic N) is 1. The maximum Gasteiger partial charge on any atom is 0.0543 e. The fraction of sp³-hybridized carbons (Fsp3) is 0.227. The van der Waals surface area contributed by atoms with Crippen LogP contribution in [0.15, 0.2) is 118 Å². The van der Waals surface area contributed by atoms with Crippen LogP contribution in [0.4, 0.5) is 17.1 Å². The van der Waals surface area contributed by atoms with E-state index >= 15 is 0 Å². The van der Waals surface area contributed by atoms with Gasteiger partial charge in [0.2, 0.25) is 0 Å². The molecule has 0 spiro atoms. The molecule has 6 aromatic carbocycles. The standard InChI is InChI=1S/C44H39Br2N/c1-42(2,3)26-12-17-29(18-13-26)47(30-19-14-27(45)15-20-30)38-25-37-39(33-11-9-8-10-32(33)38)35-23-22-34-31-21-16-28(46)24-36(31)43(4,5)40(34)41(35)44(37,6)7/h8-25H,1-7H3. The van der Waals surface area contributed by atoms with Crippen LogP contribution < -0.4 is 4.90 Å². The minimum absolute atomic E-state index is 0.0841. The van der Waals surface area contributed by atoms with E-state index in [9.17, 15) is 0 Å². The fourth-order valence-corrected chi connectivity index (χ4v) is 8.95. The Hall–Kier alpha value is -3.66. The predicted molar refractivity (Wildman–Crippen MR) is 208 cm³/mol. The van der Waals surface area contributed by atoms with E-state index in [1.807, 2.05) is 0 Å². The van der Waals surface area contributed by atoms with Gasteiger partial charge in [0.1, 0.15) is 0 Å². The van der Waals surface area contributed by atoms with Gasteiger partial charge in [-0.15, -0.1) is 0 Å². The summed E-state index contributed by atoms with van der Waals surface area (Å²) < 4.78 is 2.21. The summed E-state index contributed by atoms with van der Waals surface area (Å²) in [6.45, 7) is 16.5. The first-order chi connectivity index (χ1) is 22.3. The number of hydrogen-bond donors (Lipinski definition) is 0. The second kappa shape index (κ2) is 10.4. The molecule has 8 rings (SSSR count). The highest BCUT2D eigenvalue weighted by molar-refractivity contribution is 9.10. The van der Waals surface area contributed by atoms with Gasteiger partial charge in [0.05, 0.1) is 5.69 Å². The molecule has 0 aliphatic heterocycles. The Morgan fingerprint density at radius 2 is 1.06 bits per heavy atom. The maximum atomic E-state index is 3.77. The Labute approximate surface area is 295 Å². The van der Waals surface area contributed by atoms with E-state index in [-0.39, 0.29) is 16.2 Å². The summed E-state index contributed by atoms with van der Waals surface area (Å²) in [6, 6.07) is 41.0. The van der Waals surface area contributed by atoms with Crippen molar-refractivity contribution in [3.63, 3.8) is 0 Å². The molecular formula is C44H39Br2N. The van der Waals surface area contributed by atoms with Gasteiger partial charge in [0.15, 0.2) is 0 Å². The van der Waals surface area contributed by atoms with Gasteiger partial charge in [0.25, 0.3) is 0 Å². The predicted octanol–water partition coefficient (Wildman–Crippen LogP) is 13.7. The highest BCUT2D eigenvalue weighted by atomic mass is 79.9. The number of halogens is 2. The molecule has 2 aliphatic rings. The van der Waals surface area contributed by atoms with Crippen LogP contribution in [-0.2, 0) is 16.2 Å². The molecule has 0 aromatic heterocycles. The second-order valence-corrected chi connectivity index (χ2v) is 17.2. The van der Waals surface area contributed by atoms with Crippen molar-refractivity contribution in [3.05, 3.63) is 146 Å². The summed E-state index contributed by atoms with van der Waals surface area (Å²) in [5, 5.41) is 2.56. The number of rotatable bonds is 3. The van der Waals surface area contributed by atoms with Crippen LogP contribution in [0.5, 0.6) is 0 Å². The summed E-state index contributed by atoms with van der Waals surface area (Å²) in [7, 11) is 0. The Kier molecular flexibility index (Phi) is 6.80. The minimum Gasteiger partial charge on any atom is -0.310 e. The summed E-state index contributed by atoms with van der Waals surface area (Å²) >= 11 is 7.44. The van der Waals surface area contributed by atoms with Crippen LogP contribution in [0.25, 0.3) is 33.0 Å². The molecule has 1 nitrogen and oxygen atoms in total. The van der Waals surface area contributed by atoms with Crippen LogP contribution in [0.1, 0.15) is 76.3 Å². The molecule has 3 heteroatoms. The summed E-state index contributed by atoms with van der Waals surface area (Å²) in [5.41, 5.74) is 15.8. The third-order valence-corrected chi connectivity index (χ3v) is 11.7. The molecule has 0 heterocycles. The van der Waals surface area contributed by atoms with Crippen molar-refractivity contribution in [2.24, 2.45) is 0 Å². The van der Waals surface area contributed by atoms with Gasteiger partial charge in [-0.3, -0.25) is 0 Å². The Bertz CT molecular complexity index is 2230. The third-order valence-electron chi connectivity index (χ3n) is 10.7. The monoisotopic (exact) mass is 739 g/mol. The Morgan fingerprint density at radius 3 is 1.72 bits per heavy atom. The molecule has 234 valence electrons. The van der Waals surface area contributed by atoms with E-state index in [4.69, 9.17) is 0 Å². The van der Waals surface area contributed by atoms with Gasteiger partial charge in [0, 0.05) is 36.5 Å². The largest absolute Gasteiger partial charge is 0.310 e. The van der Waals surface area contributed by atoms with Crippen LogP contribution in [0, 0.1) is 0 Å². The van der Waals surface area contributed by atoms with Gasteiger partial charge in [-0.1, -0.05) is 135 Å². The fourth-order valence-electron chi connectivity index (χ4n) is 8.32. The van der Waals surface area contributed by atoms with E-state index in [1.165, 1.54) is 66.5 Å². The van der Waals surface area contributed by atoms with E-state index in [1.54, 1.807) is 0 Å². The summed E-state index contributed by atoms with van der Waals surface area (Å²) in [6.07, 6.45) is 0. The second-order valence-electron chi connectivity index (χ2n) is 15.3. The number of fused-ring (bicyclic) bond motifs is 9.